The zero-order valence-corrected chi connectivity index (χ0v) is 11.7. The van der Waals surface area contributed by atoms with Crippen LogP contribution in [0.15, 0.2) is 30.3 Å². The van der Waals surface area contributed by atoms with E-state index in [1.807, 2.05) is 51.1 Å². The average Bonchev–Trinajstić information content (AvgIpc) is 2.42. The van der Waals surface area contributed by atoms with Gasteiger partial charge in [-0.25, -0.2) is 0 Å². The Morgan fingerprint density at radius 3 is 1.84 bits per heavy atom. The van der Waals surface area contributed by atoms with Crippen LogP contribution in [0.25, 0.3) is 10.8 Å². The van der Waals surface area contributed by atoms with Gasteiger partial charge in [-0.2, -0.15) is 0 Å². The van der Waals surface area contributed by atoms with Crippen LogP contribution in [0.4, 0.5) is 0 Å². The summed E-state index contributed by atoms with van der Waals surface area (Å²) >= 11 is 0. The molecule has 0 spiro atoms. The molecule has 0 atom stereocenters. The predicted molar refractivity (Wildman–Crippen MR) is 77.5 cm³/mol. The van der Waals surface area contributed by atoms with Gasteiger partial charge in [0, 0.05) is 5.39 Å². The van der Waals surface area contributed by atoms with Crippen LogP contribution in [0, 0.1) is 0 Å². The lowest BCUT2D eigenvalue weighted by molar-refractivity contribution is 0.328. The molecule has 2 aromatic rings. The topological polar surface area (TPSA) is 27.7 Å². The second-order valence-electron chi connectivity index (χ2n) is 4.04. The van der Waals surface area contributed by atoms with Gasteiger partial charge in [0.25, 0.3) is 0 Å². The molecule has 0 amide bonds. The monoisotopic (exact) mass is 260 g/mol. The van der Waals surface area contributed by atoms with E-state index >= 15 is 0 Å². The lowest BCUT2D eigenvalue weighted by atomic mass is 10.1. The van der Waals surface area contributed by atoms with E-state index in [2.05, 4.69) is 0 Å². The summed E-state index contributed by atoms with van der Waals surface area (Å²) in [6.07, 6.45) is 0. The van der Waals surface area contributed by atoms with Gasteiger partial charge in [0.05, 0.1) is 25.2 Å². The molecule has 0 aliphatic carbocycles. The van der Waals surface area contributed by atoms with E-state index in [0.717, 1.165) is 28.0 Å². The molecule has 0 radical (unpaired) electrons. The number of hydrogen-bond acceptors (Lipinski definition) is 3. The summed E-state index contributed by atoms with van der Waals surface area (Å²) in [5.74, 6) is 2.54. The number of benzene rings is 2. The fourth-order valence-electron chi connectivity index (χ4n) is 2.15. The predicted octanol–water partition coefficient (Wildman–Crippen LogP) is 4.04. The van der Waals surface area contributed by atoms with Gasteiger partial charge in [0.2, 0.25) is 0 Å². The summed E-state index contributed by atoms with van der Waals surface area (Å²) in [7, 11) is 0. The largest absolute Gasteiger partial charge is 0.493 e. The Balaban J connectivity index is 2.65. The minimum atomic E-state index is 0.629. The Bertz CT molecular complexity index is 537. The second kappa shape index (κ2) is 6.32. The van der Waals surface area contributed by atoms with Crippen molar-refractivity contribution >= 4 is 10.8 Å². The maximum Gasteiger partial charge on any atom is 0.131 e. The summed E-state index contributed by atoms with van der Waals surface area (Å²) in [6, 6.07) is 9.87. The Morgan fingerprint density at radius 1 is 0.684 bits per heavy atom. The summed E-state index contributed by atoms with van der Waals surface area (Å²) in [4.78, 5) is 0. The van der Waals surface area contributed by atoms with Crippen LogP contribution in [0.5, 0.6) is 17.2 Å². The van der Waals surface area contributed by atoms with E-state index in [1.165, 1.54) is 0 Å². The molecule has 2 rings (SSSR count). The molecule has 0 heterocycles. The first kappa shape index (κ1) is 13.5. The van der Waals surface area contributed by atoms with Crippen LogP contribution in [-0.4, -0.2) is 19.8 Å². The lowest BCUT2D eigenvalue weighted by Gasteiger charge is -2.15. The highest BCUT2D eigenvalue weighted by atomic mass is 16.5. The van der Waals surface area contributed by atoms with E-state index < -0.39 is 0 Å². The molecule has 0 bridgehead atoms. The smallest absolute Gasteiger partial charge is 0.131 e. The van der Waals surface area contributed by atoms with E-state index in [-0.39, 0.29) is 0 Å². The second-order valence-corrected chi connectivity index (χ2v) is 4.04. The molecule has 0 saturated carbocycles. The van der Waals surface area contributed by atoms with Gasteiger partial charge in [-0.3, -0.25) is 0 Å². The zero-order valence-electron chi connectivity index (χ0n) is 11.7. The molecule has 0 aliphatic rings. The fourth-order valence-corrected chi connectivity index (χ4v) is 2.15. The third-order valence-corrected chi connectivity index (χ3v) is 2.82. The molecule has 2 aromatic carbocycles. The van der Waals surface area contributed by atoms with Crippen molar-refractivity contribution in [3.8, 4) is 17.2 Å². The minimum absolute atomic E-state index is 0.629. The van der Waals surface area contributed by atoms with Crippen molar-refractivity contribution in [2.45, 2.75) is 20.8 Å². The maximum atomic E-state index is 5.70. The highest BCUT2D eigenvalue weighted by Crippen LogP contribution is 2.39. The maximum absolute atomic E-state index is 5.70. The van der Waals surface area contributed by atoms with Gasteiger partial charge in [0.15, 0.2) is 0 Å². The fraction of sp³-hybridized carbons (Fsp3) is 0.375. The summed E-state index contributed by atoms with van der Waals surface area (Å²) < 4.78 is 17.1. The number of rotatable bonds is 6. The van der Waals surface area contributed by atoms with Crippen LogP contribution in [-0.2, 0) is 0 Å². The molecule has 0 unspecified atom stereocenters. The zero-order chi connectivity index (χ0) is 13.7. The standard InChI is InChI=1S/C16H20O3/c1-4-17-13-10-11-15(19-6-3)16-12(13)8-7-9-14(16)18-5-2/h7-11H,4-6H2,1-3H3. The van der Waals surface area contributed by atoms with Crippen molar-refractivity contribution in [2.24, 2.45) is 0 Å². The average molecular weight is 260 g/mol. The van der Waals surface area contributed by atoms with E-state index in [0.29, 0.717) is 19.8 Å². The molecular formula is C16H20O3. The normalized spacial score (nSPS) is 10.5. The van der Waals surface area contributed by atoms with Crippen LogP contribution < -0.4 is 14.2 Å². The number of fused-ring (bicyclic) bond motifs is 1. The van der Waals surface area contributed by atoms with Gasteiger partial charge in [-0.1, -0.05) is 12.1 Å². The van der Waals surface area contributed by atoms with Crippen LogP contribution in [0.3, 0.4) is 0 Å². The van der Waals surface area contributed by atoms with Gasteiger partial charge in [0.1, 0.15) is 17.2 Å². The van der Waals surface area contributed by atoms with E-state index in [4.69, 9.17) is 14.2 Å². The Morgan fingerprint density at radius 2 is 1.21 bits per heavy atom. The van der Waals surface area contributed by atoms with Crippen LogP contribution in [0.1, 0.15) is 20.8 Å². The van der Waals surface area contributed by atoms with Gasteiger partial charge in [-0.15, -0.1) is 0 Å². The Labute approximate surface area is 114 Å². The molecule has 102 valence electrons. The SMILES string of the molecule is CCOc1ccc(OCC)c2c(OCC)cccc12. The van der Waals surface area contributed by atoms with E-state index in [9.17, 15) is 0 Å². The van der Waals surface area contributed by atoms with Crippen molar-refractivity contribution in [2.75, 3.05) is 19.8 Å². The first-order valence-corrected chi connectivity index (χ1v) is 6.75. The molecule has 19 heavy (non-hydrogen) atoms. The van der Waals surface area contributed by atoms with Crippen molar-refractivity contribution in [3.05, 3.63) is 30.3 Å². The van der Waals surface area contributed by atoms with Crippen molar-refractivity contribution < 1.29 is 14.2 Å². The molecule has 3 heteroatoms. The Hall–Kier alpha value is -1.90. The first-order chi connectivity index (χ1) is 9.31. The van der Waals surface area contributed by atoms with Gasteiger partial charge in [-0.05, 0) is 39.0 Å². The van der Waals surface area contributed by atoms with Gasteiger partial charge >= 0.3 is 0 Å². The minimum Gasteiger partial charge on any atom is -0.493 e. The van der Waals surface area contributed by atoms with Crippen LogP contribution in [0.2, 0.25) is 0 Å². The molecule has 0 aromatic heterocycles. The summed E-state index contributed by atoms with van der Waals surface area (Å²) in [5, 5.41) is 2.01. The number of ether oxygens (including phenoxy) is 3. The molecule has 3 nitrogen and oxygen atoms in total. The summed E-state index contributed by atoms with van der Waals surface area (Å²) in [6.45, 7) is 7.83. The Kier molecular flexibility index (Phi) is 4.50. The number of hydrogen-bond donors (Lipinski definition) is 0. The first-order valence-electron chi connectivity index (χ1n) is 6.75. The quantitative estimate of drug-likeness (QED) is 0.784. The third kappa shape index (κ3) is 2.75. The van der Waals surface area contributed by atoms with E-state index in [1.54, 1.807) is 0 Å². The van der Waals surface area contributed by atoms with Gasteiger partial charge < -0.3 is 14.2 Å². The summed E-state index contributed by atoms with van der Waals surface area (Å²) in [5.41, 5.74) is 0. The molecule has 0 N–H and O–H groups in total. The highest BCUT2D eigenvalue weighted by molar-refractivity contribution is 5.97. The molecule has 0 saturated heterocycles. The molecular weight excluding hydrogens is 240 g/mol. The van der Waals surface area contributed by atoms with Crippen molar-refractivity contribution in [1.29, 1.82) is 0 Å². The lowest BCUT2D eigenvalue weighted by Crippen LogP contribution is -1.99. The van der Waals surface area contributed by atoms with Crippen molar-refractivity contribution in [1.82, 2.24) is 0 Å². The molecule has 0 fully saturated rings. The highest BCUT2D eigenvalue weighted by Gasteiger charge is 2.12. The third-order valence-electron chi connectivity index (χ3n) is 2.82. The molecule has 0 aliphatic heterocycles. The van der Waals surface area contributed by atoms with Crippen molar-refractivity contribution in [3.63, 3.8) is 0 Å². The van der Waals surface area contributed by atoms with Crippen LogP contribution >= 0.6 is 0 Å².